The number of likely N-dealkylation sites (tertiary alicyclic amines) is 1. The first-order chi connectivity index (χ1) is 15.2. The summed E-state index contributed by atoms with van der Waals surface area (Å²) in [6.07, 6.45) is 1.84. The predicted octanol–water partition coefficient (Wildman–Crippen LogP) is 6.14. The lowest BCUT2D eigenvalue weighted by atomic mass is 9.95. The van der Waals surface area contributed by atoms with Crippen LogP contribution in [0.3, 0.4) is 0 Å². The van der Waals surface area contributed by atoms with Crippen LogP contribution in [0.15, 0.2) is 83.8 Å². The van der Waals surface area contributed by atoms with Crippen LogP contribution in [0.4, 0.5) is 5.69 Å². The number of aryl methyl sites for hydroxylation is 1. The quantitative estimate of drug-likeness (QED) is 0.457. The lowest BCUT2D eigenvalue weighted by Crippen LogP contribution is -2.37. The number of carbonyl (C=O) groups excluding carboxylic acids is 1. The molecule has 0 spiro atoms. The number of hydrogen-bond acceptors (Lipinski definition) is 3. The van der Waals surface area contributed by atoms with E-state index in [1.165, 1.54) is 21.6 Å². The number of carbonyl (C=O) groups is 1. The Balaban J connectivity index is 1.22. The Morgan fingerprint density at radius 1 is 0.935 bits per heavy atom. The normalized spacial score (nSPS) is 15.0. The van der Waals surface area contributed by atoms with E-state index in [1.807, 2.05) is 30.0 Å². The second-order valence-electron chi connectivity index (χ2n) is 8.33. The zero-order valence-corrected chi connectivity index (χ0v) is 18.9. The maximum absolute atomic E-state index is 12.7. The fourth-order valence-electron chi connectivity index (χ4n) is 4.03. The number of nitrogens with one attached hydrogen (secondary N) is 1. The van der Waals surface area contributed by atoms with Gasteiger partial charge in [0.25, 0.3) is 0 Å². The van der Waals surface area contributed by atoms with E-state index >= 15 is 0 Å². The van der Waals surface area contributed by atoms with Crippen LogP contribution in [-0.2, 0) is 17.1 Å². The number of piperidine rings is 1. The maximum Gasteiger partial charge on any atom is 0.227 e. The zero-order valence-electron chi connectivity index (χ0n) is 18.1. The molecule has 4 heteroatoms. The first kappa shape index (κ1) is 21.7. The molecule has 3 nitrogen and oxygen atoms in total. The van der Waals surface area contributed by atoms with Crippen molar-refractivity contribution in [2.24, 2.45) is 5.92 Å². The molecule has 0 radical (unpaired) electrons. The second kappa shape index (κ2) is 10.7. The minimum absolute atomic E-state index is 0.0991. The summed E-state index contributed by atoms with van der Waals surface area (Å²) in [6.45, 7) is 5.05. The molecule has 0 unspecified atom stereocenters. The molecule has 0 aliphatic carbocycles. The molecule has 0 saturated carbocycles. The predicted molar refractivity (Wildman–Crippen MR) is 130 cm³/mol. The Labute approximate surface area is 189 Å². The Kier molecular flexibility index (Phi) is 7.44. The molecule has 1 heterocycles. The van der Waals surface area contributed by atoms with Crippen molar-refractivity contribution in [2.75, 3.05) is 18.4 Å². The molecule has 1 N–H and O–H groups in total. The van der Waals surface area contributed by atoms with E-state index in [4.69, 9.17) is 0 Å². The van der Waals surface area contributed by atoms with Crippen molar-refractivity contribution in [1.82, 2.24) is 4.90 Å². The molecule has 0 bridgehead atoms. The maximum atomic E-state index is 12.7. The molecule has 0 atom stereocenters. The van der Waals surface area contributed by atoms with Crippen molar-refractivity contribution < 1.29 is 4.79 Å². The van der Waals surface area contributed by atoms with Crippen molar-refractivity contribution in [1.29, 1.82) is 0 Å². The van der Waals surface area contributed by atoms with E-state index in [2.05, 4.69) is 77.8 Å². The molecule has 4 rings (SSSR count). The summed E-state index contributed by atoms with van der Waals surface area (Å²) in [7, 11) is 0. The molecule has 31 heavy (non-hydrogen) atoms. The van der Waals surface area contributed by atoms with Crippen molar-refractivity contribution >= 4 is 23.4 Å². The van der Waals surface area contributed by atoms with Gasteiger partial charge >= 0.3 is 0 Å². The highest BCUT2D eigenvalue weighted by molar-refractivity contribution is 7.98. The van der Waals surface area contributed by atoms with Crippen molar-refractivity contribution in [2.45, 2.75) is 37.0 Å². The van der Waals surface area contributed by atoms with E-state index in [0.29, 0.717) is 0 Å². The molecular formula is C27H30N2OS. The van der Waals surface area contributed by atoms with Crippen LogP contribution < -0.4 is 5.32 Å². The van der Waals surface area contributed by atoms with Gasteiger partial charge in [0.05, 0.1) is 0 Å². The topological polar surface area (TPSA) is 32.3 Å². The van der Waals surface area contributed by atoms with Crippen LogP contribution >= 0.6 is 11.8 Å². The second-order valence-corrected chi connectivity index (χ2v) is 9.38. The first-order valence-electron chi connectivity index (χ1n) is 11.0. The van der Waals surface area contributed by atoms with Gasteiger partial charge in [0.2, 0.25) is 5.91 Å². The molecule has 1 aliphatic rings. The molecule has 1 aliphatic heterocycles. The third-order valence-corrected chi connectivity index (χ3v) is 6.90. The van der Waals surface area contributed by atoms with E-state index < -0.39 is 0 Å². The molecule has 1 fully saturated rings. The van der Waals surface area contributed by atoms with Gasteiger partial charge in [0.15, 0.2) is 0 Å². The highest BCUT2D eigenvalue weighted by atomic mass is 32.2. The van der Waals surface area contributed by atoms with E-state index in [1.54, 1.807) is 0 Å². The van der Waals surface area contributed by atoms with Gasteiger partial charge in [-0.15, -0.1) is 11.8 Å². The molecule has 160 valence electrons. The summed E-state index contributed by atoms with van der Waals surface area (Å²) in [4.78, 5) is 16.5. The van der Waals surface area contributed by atoms with Gasteiger partial charge < -0.3 is 5.32 Å². The number of thioether (sulfide) groups is 1. The number of hydrogen-bond donors (Lipinski definition) is 1. The Morgan fingerprint density at radius 3 is 2.39 bits per heavy atom. The molecule has 1 saturated heterocycles. The number of anilines is 1. The van der Waals surface area contributed by atoms with E-state index in [9.17, 15) is 4.79 Å². The highest BCUT2D eigenvalue weighted by Crippen LogP contribution is 2.24. The average Bonchev–Trinajstić information content (AvgIpc) is 2.80. The third-order valence-electron chi connectivity index (χ3n) is 5.82. The molecule has 0 aromatic heterocycles. The summed E-state index contributed by atoms with van der Waals surface area (Å²) in [5.74, 6) is 1.18. The largest absolute Gasteiger partial charge is 0.326 e. The van der Waals surface area contributed by atoms with Crippen molar-refractivity contribution in [3.63, 3.8) is 0 Å². The van der Waals surface area contributed by atoms with Gasteiger partial charge in [-0.2, -0.15) is 0 Å². The van der Waals surface area contributed by atoms with E-state index in [-0.39, 0.29) is 11.8 Å². The fourth-order valence-corrected chi connectivity index (χ4v) is 4.91. The van der Waals surface area contributed by atoms with Gasteiger partial charge in [-0.25, -0.2) is 0 Å². The van der Waals surface area contributed by atoms with Crippen LogP contribution in [0.2, 0.25) is 0 Å². The third kappa shape index (κ3) is 6.46. The zero-order chi connectivity index (χ0) is 21.5. The first-order valence-corrected chi connectivity index (χ1v) is 12.0. The molecular weight excluding hydrogens is 400 g/mol. The average molecular weight is 431 g/mol. The number of rotatable bonds is 7. The van der Waals surface area contributed by atoms with Gasteiger partial charge in [-0.1, -0.05) is 60.2 Å². The van der Waals surface area contributed by atoms with Gasteiger partial charge in [-0.3, -0.25) is 9.69 Å². The summed E-state index contributed by atoms with van der Waals surface area (Å²) in [5, 5.41) is 3.12. The lowest BCUT2D eigenvalue weighted by molar-refractivity contribution is -0.121. The van der Waals surface area contributed by atoms with Crippen molar-refractivity contribution in [3.05, 3.63) is 95.6 Å². The van der Waals surface area contributed by atoms with Crippen LogP contribution in [0.1, 0.15) is 29.5 Å². The van der Waals surface area contributed by atoms with Crippen LogP contribution in [-0.4, -0.2) is 23.9 Å². The van der Waals surface area contributed by atoms with Crippen LogP contribution in [0.25, 0.3) is 0 Å². The summed E-state index contributed by atoms with van der Waals surface area (Å²) in [5.41, 5.74) is 4.81. The summed E-state index contributed by atoms with van der Waals surface area (Å²) < 4.78 is 0. The van der Waals surface area contributed by atoms with E-state index in [0.717, 1.165) is 43.9 Å². The SMILES string of the molecule is Cc1cccc(CN2CCC(C(=O)Nc3ccc(CSc4ccccc4)cc3)CC2)c1. The standard InChI is InChI=1S/C27H30N2OS/c1-21-6-5-7-23(18-21)19-29-16-14-24(15-17-29)27(30)28-25-12-10-22(11-13-25)20-31-26-8-3-2-4-9-26/h2-13,18,24H,14-17,19-20H2,1H3,(H,28,30). The van der Waals surface area contributed by atoms with Crippen molar-refractivity contribution in [3.8, 4) is 0 Å². The van der Waals surface area contributed by atoms with Crippen LogP contribution in [0, 0.1) is 12.8 Å². The lowest BCUT2D eigenvalue weighted by Gasteiger charge is -2.31. The Morgan fingerprint density at radius 2 is 1.68 bits per heavy atom. The monoisotopic (exact) mass is 430 g/mol. The summed E-state index contributed by atoms with van der Waals surface area (Å²) >= 11 is 1.83. The molecule has 3 aromatic rings. The molecule has 3 aromatic carbocycles. The van der Waals surface area contributed by atoms with Gasteiger partial charge in [0.1, 0.15) is 0 Å². The van der Waals surface area contributed by atoms with Gasteiger partial charge in [0, 0.05) is 28.8 Å². The summed E-state index contributed by atoms with van der Waals surface area (Å²) in [6, 6.07) is 27.4. The Bertz CT molecular complexity index is 980. The Hall–Kier alpha value is -2.56. The minimum atomic E-state index is 0.0991. The smallest absolute Gasteiger partial charge is 0.227 e. The molecule has 1 amide bonds. The van der Waals surface area contributed by atoms with Crippen LogP contribution in [0.5, 0.6) is 0 Å². The number of amides is 1. The number of nitrogens with zero attached hydrogens (tertiary/aromatic N) is 1. The highest BCUT2D eigenvalue weighted by Gasteiger charge is 2.25. The number of benzene rings is 3. The van der Waals surface area contributed by atoms with Gasteiger partial charge in [-0.05, 0) is 68.2 Å². The fraction of sp³-hybridized carbons (Fsp3) is 0.296. The minimum Gasteiger partial charge on any atom is -0.326 e.